The molecule has 0 spiro atoms. The summed E-state index contributed by atoms with van der Waals surface area (Å²) in [5.74, 6) is 2.37. The molecule has 1 rings (SSSR count). The molecule has 0 fully saturated rings. The molecular formula is C14H25N3O. The van der Waals surface area contributed by atoms with E-state index >= 15 is 0 Å². The Morgan fingerprint density at radius 2 is 2.06 bits per heavy atom. The average molecular weight is 251 g/mol. The van der Waals surface area contributed by atoms with Crippen molar-refractivity contribution in [3.63, 3.8) is 0 Å². The minimum absolute atomic E-state index is 0.410. The molecule has 4 nitrogen and oxygen atoms in total. The molecule has 1 N–H and O–H groups in total. The molecule has 1 aromatic rings. The van der Waals surface area contributed by atoms with Crippen molar-refractivity contribution in [2.45, 2.75) is 59.4 Å². The van der Waals surface area contributed by atoms with Gasteiger partial charge in [-0.05, 0) is 19.8 Å². The molecule has 0 saturated carbocycles. The van der Waals surface area contributed by atoms with E-state index in [1.54, 1.807) is 0 Å². The van der Waals surface area contributed by atoms with Gasteiger partial charge in [-0.25, -0.2) is 4.98 Å². The van der Waals surface area contributed by atoms with Gasteiger partial charge in [-0.1, -0.05) is 27.2 Å². The molecule has 0 aliphatic carbocycles. The third kappa shape index (κ3) is 4.90. The first-order valence-electron chi connectivity index (χ1n) is 6.96. The summed E-state index contributed by atoms with van der Waals surface area (Å²) in [6.07, 6.45) is 4.07. The Labute approximate surface area is 110 Å². The van der Waals surface area contributed by atoms with Gasteiger partial charge < -0.3 is 10.1 Å². The molecule has 0 bridgehead atoms. The number of aryl methyl sites for hydroxylation is 1. The minimum Gasteiger partial charge on any atom is -0.478 e. The third-order valence-electron chi connectivity index (χ3n) is 2.82. The van der Waals surface area contributed by atoms with Crippen LogP contribution >= 0.6 is 0 Å². The van der Waals surface area contributed by atoms with E-state index in [1.807, 2.05) is 6.07 Å². The lowest BCUT2D eigenvalue weighted by atomic mass is 10.2. The van der Waals surface area contributed by atoms with E-state index < -0.39 is 0 Å². The maximum absolute atomic E-state index is 5.65. The van der Waals surface area contributed by atoms with Gasteiger partial charge in [0.05, 0.1) is 6.61 Å². The molecule has 4 heteroatoms. The van der Waals surface area contributed by atoms with E-state index in [-0.39, 0.29) is 0 Å². The van der Waals surface area contributed by atoms with Crippen LogP contribution in [0.2, 0.25) is 0 Å². The summed E-state index contributed by atoms with van der Waals surface area (Å²) in [5.41, 5.74) is 0. The van der Waals surface area contributed by atoms with E-state index in [1.165, 1.54) is 0 Å². The summed E-state index contributed by atoms with van der Waals surface area (Å²) in [6, 6.07) is 2.30. The van der Waals surface area contributed by atoms with Crippen molar-refractivity contribution in [1.82, 2.24) is 9.97 Å². The largest absolute Gasteiger partial charge is 0.478 e. The molecule has 0 aliphatic heterocycles. The lowest BCUT2D eigenvalue weighted by Crippen LogP contribution is -2.15. The van der Waals surface area contributed by atoms with Crippen molar-refractivity contribution in [2.24, 2.45) is 0 Å². The Hall–Kier alpha value is -1.32. The van der Waals surface area contributed by atoms with Gasteiger partial charge in [0.15, 0.2) is 0 Å². The van der Waals surface area contributed by atoms with Crippen molar-refractivity contribution in [3.8, 4) is 5.88 Å². The molecule has 0 radical (unpaired) electrons. The molecule has 1 heterocycles. The van der Waals surface area contributed by atoms with Crippen molar-refractivity contribution in [3.05, 3.63) is 11.9 Å². The smallest absolute Gasteiger partial charge is 0.218 e. The van der Waals surface area contributed by atoms with E-state index in [4.69, 9.17) is 4.74 Å². The predicted octanol–water partition coefficient (Wildman–Crippen LogP) is 3.43. The lowest BCUT2D eigenvalue weighted by Gasteiger charge is -2.14. The molecule has 0 saturated heterocycles. The number of rotatable bonds is 8. The number of hydrogen-bond donors (Lipinski definition) is 1. The lowest BCUT2D eigenvalue weighted by molar-refractivity contribution is 0.296. The molecule has 0 aromatic carbocycles. The Balaban J connectivity index is 2.74. The van der Waals surface area contributed by atoms with Crippen LogP contribution in [0.1, 0.15) is 52.8 Å². The Morgan fingerprint density at radius 1 is 1.28 bits per heavy atom. The Kier molecular flexibility index (Phi) is 6.47. The van der Waals surface area contributed by atoms with Gasteiger partial charge in [-0.2, -0.15) is 4.98 Å². The fourth-order valence-corrected chi connectivity index (χ4v) is 1.45. The van der Waals surface area contributed by atoms with Crippen LogP contribution in [0.3, 0.4) is 0 Å². The first-order valence-corrected chi connectivity index (χ1v) is 6.96. The van der Waals surface area contributed by atoms with Crippen molar-refractivity contribution >= 4 is 5.82 Å². The zero-order valence-electron chi connectivity index (χ0n) is 12.0. The monoisotopic (exact) mass is 251 g/mol. The summed E-state index contributed by atoms with van der Waals surface area (Å²) in [4.78, 5) is 8.85. The predicted molar refractivity (Wildman–Crippen MR) is 75.2 cm³/mol. The number of aromatic nitrogens is 2. The van der Waals surface area contributed by atoms with Crippen molar-refractivity contribution in [1.29, 1.82) is 0 Å². The number of nitrogens with zero attached hydrogens (tertiary/aromatic N) is 2. The van der Waals surface area contributed by atoms with Crippen LogP contribution in [0.5, 0.6) is 5.88 Å². The third-order valence-corrected chi connectivity index (χ3v) is 2.82. The standard InChI is InChI=1S/C14H25N3O/c1-5-8-9-18-14-10-13(15-11(4)6-2)16-12(7-3)17-14/h10-11H,5-9H2,1-4H3,(H,15,16,17). The van der Waals surface area contributed by atoms with Crippen LogP contribution in [0, 0.1) is 0 Å². The zero-order valence-corrected chi connectivity index (χ0v) is 12.0. The number of hydrogen-bond acceptors (Lipinski definition) is 4. The van der Waals surface area contributed by atoms with E-state index in [2.05, 4.69) is 43.0 Å². The van der Waals surface area contributed by atoms with Gasteiger partial charge in [0.25, 0.3) is 0 Å². The quantitative estimate of drug-likeness (QED) is 0.719. The number of unbranched alkanes of at least 4 members (excludes halogenated alkanes) is 1. The maximum atomic E-state index is 5.65. The second-order valence-electron chi connectivity index (χ2n) is 4.52. The fraction of sp³-hybridized carbons (Fsp3) is 0.714. The van der Waals surface area contributed by atoms with Crippen LogP contribution in [0.4, 0.5) is 5.82 Å². The van der Waals surface area contributed by atoms with Crippen molar-refractivity contribution < 1.29 is 4.74 Å². The second-order valence-corrected chi connectivity index (χ2v) is 4.52. The summed E-state index contributed by atoms with van der Waals surface area (Å²) in [5, 5.41) is 3.37. The van der Waals surface area contributed by atoms with Gasteiger partial charge in [-0.3, -0.25) is 0 Å². The summed E-state index contributed by atoms with van der Waals surface area (Å²) in [7, 11) is 0. The topological polar surface area (TPSA) is 47.0 Å². The highest BCUT2D eigenvalue weighted by Gasteiger charge is 2.06. The van der Waals surface area contributed by atoms with E-state index in [0.717, 1.165) is 43.9 Å². The van der Waals surface area contributed by atoms with Gasteiger partial charge in [0.2, 0.25) is 5.88 Å². The van der Waals surface area contributed by atoms with Crippen LogP contribution in [0.25, 0.3) is 0 Å². The number of anilines is 1. The van der Waals surface area contributed by atoms with Gasteiger partial charge in [0.1, 0.15) is 11.6 Å². The second kappa shape index (κ2) is 7.90. The number of ether oxygens (including phenoxy) is 1. The molecular weight excluding hydrogens is 226 g/mol. The number of nitrogens with one attached hydrogen (secondary N) is 1. The summed E-state index contributed by atoms with van der Waals surface area (Å²) < 4.78 is 5.65. The van der Waals surface area contributed by atoms with Gasteiger partial charge in [-0.15, -0.1) is 0 Å². The molecule has 0 aliphatic rings. The van der Waals surface area contributed by atoms with Crippen LogP contribution < -0.4 is 10.1 Å². The molecule has 18 heavy (non-hydrogen) atoms. The highest BCUT2D eigenvalue weighted by atomic mass is 16.5. The molecule has 1 atom stereocenters. The van der Waals surface area contributed by atoms with E-state index in [0.29, 0.717) is 11.9 Å². The molecule has 0 amide bonds. The SMILES string of the molecule is CCCCOc1cc(NC(C)CC)nc(CC)n1. The van der Waals surface area contributed by atoms with Crippen LogP contribution in [-0.4, -0.2) is 22.6 Å². The zero-order chi connectivity index (χ0) is 13.4. The first-order chi connectivity index (χ1) is 8.69. The normalized spacial score (nSPS) is 12.2. The molecule has 1 aromatic heterocycles. The van der Waals surface area contributed by atoms with Gasteiger partial charge in [0, 0.05) is 18.5 Å². The maximum Gasteiger partial charge on any atom is 0.218 e. The summed E-state index contributed by atoms with van der Waals surface area (Å²) in [6.45, 7) is 9.22. The highest BCUT2D eigenvalue weighted by molar-refractivity contribution is 5.39. The van der Waals surface area contributed by atoms with Crippen LogP contribution in [-0.2, 0) is 6.42 Å². The van der Waals surface area contributed by atoms with Crippen LogP contribution in [0.15, 0.2) is 6.07 Å². The highest BCUT2D eigenvalue weighted by Crippen LogP contribution is 2.15. The molecule has 102 valence electrons. The Morgan fingerprint density at radius 3 is 2.67 bits per heavy atom. The molecule has 1 unspecified atom stereocenters. The average Bonchev–Trinajstić information content (AvgIpc) is 2.38. The Bertz CT molecular complexity index is 355. The fourth-order valence-electron chi connectivity index (χ4n) is 1.45. The minimum atomic E-state index is 0.410. The van der Waals surface area contributed by atoms with E-state index in [9.17, 15) is 0 Å². The van der Waals surface area contributed by atoms with Gasteiger partial charge >= 0.3 is 0 Å². The summed E-state index contributed by atoms with van der Waals surface area (Å²) >= 11 is 0. The van der Waals surface area contributed by atoms with Crippen molar-refractivity contribution in [2.75, 3.05) is 11.9 Å². The first kappa shape index (κ1) is 14.7.